The van der Waals surface area contributed by atoms with Crippen LogP contribution in [0.3, 0.4) is 0 Å². The summed E-state index contributed by atoms with van der Waals surface area (Å²) in [5.41, 5.74) is 0.783. The minimum atomic E-state index is -0.303. The molecule has 2 N–H and O–H groups in total. The average molecular weight is 366 g/mol. The molecule has 1 saturated heterocycles. The van der Waals surface area contributed by atoms with E-state index in [1.54, 1.807) is 24.3 Å². The molecular weight excluding hydrogens is 349 g/mol. The number of carbonyl (C=O) groups is 1. The highest BCUT2D eigenvalue weighted by atomic mass is 35.5. The van der Waals surface area contributed by atoms with Crippen LogP contribution in [0.4, 0.5) is 11.9 Å². The average Bonchev–Trinajstić information content (AvgIpc) is 3.05. The van der Waals surface area contributed by atoms with E-state index < -0.39 is 0 Å². The number of H-pyrrole nitrogens is 1. The van der Waals surface area contributed by atoms with Crippen LogP contribution in [0.5, 0.6) is 0 Å². The molecule has 1 aromatic heterocycles. The summed E-state index contributed by atoms with van der Waals surface area (Å²) in [5.74, 6) is 0.653. The molecule has 0 atom stereocenters. The maximum atomic E-state index is 12.0. The van der Waals surface area contributed by atoms with Crippen LogP contribution >= 0.6 is 23.2 Å². The van der Waals surface area contributed by atoms with Gasteiger partial charge in [0.1, 0.15) is 0 Å². The number of aromatic amines is 1. The fourth-order valence-electron chi connectivity index (χ4n) is 2.49. The van der Waals surface area contributed by atoms with E-state index in [-0.39, 0.29) is 5.91 Å². The van der Waals surface area contributed by atoms with Gasteiger partial charge in [0.15, 0.2) is 0 Å². The highest BCUT2D eigenvalue weighted by Gasteiger charge is 2.15. The van der Waals surface area contributed by atoms with Gasteiger partial charge in [0.2, 0.25) is 11.9 Å². The second-order valence-corrected chi connectivity index (χ2v) is 6.34. The third-order valence-corrected chi connectivity index (χ3v) is 4.46. The number of aromatic nitrogens is 3. The summed E-state index contributed by atoms with van der Waals surface area (Å²) in [6.45, 7) is 1.89. The van der Waals surface area contributed by atoms with E-state index >= 15 is 0 Å². The zero-order chi connectivity index (χ0) is 16.9. The zero-order valence-electron chi connectivity index (χ0n) is 12.9. The van der Waals surface area contributed by atoms with E-state index in [1.807, 2.05) is 0 Å². The Balaban J connectivity index is 1.59. The van der Waals surface area contributed by atoms with Crippen LogP contribution in [-0.2, 0) is 4.79 Å². The van der Waals surface area contributed by atoms with Crippen LogP contribution in [0, 0.1) is 0 Å². The first-order valence-corrected chi connectivity index (χ1v) is 8.49. The molecule has 1 aliphatic heterocycles. The van der Waals surface area contributed by atoms with Crippen molar-refractivity contribution in [1.82, 2.24) is 15.2 Å². The molecule has 1 aliphatic rings. The number of hydrogen-bond acceptors (Lipinski definition) is 4. The number of rotatable bonds is 4. The van der Waals surface area contributed by atoms with Gasteiger partial charge >= 0.3 is 0 Å². The lowest BCUT2D eigenvalue weighted by Crippen LogP contribution is -2.30. The van der Waals surface area contributed by atoms with Crippen molar-refractivity contribution in [3.8, 4) is 0 Å². The predicted molar refractivity (Wildman–Crippen MR) is 96.6 cm³/mol. The molecule has 126 valence electrons. The summed E-state index contributed by atoms with van der Waals surface area (Å²) in [6, 6.07) is 5.15. The topological polar surface area (TPSA) is 73.9 Å². The first-order valence-electron chi connectivity index (χ1n) is 7.73. The minimum absolute atomic E-state index is 0.303. The maximum Gasteiger partial charge on any atom is 0.250 e. The molecule has 8 heteroatoms. The van der Waals surface area contributed by atoms with Crippen molar-refractivity contribution in [1.29, 1.82) is 0 Å². The highest BCUT2D eigenvalue weighted by molar-refractivity contribution is 6.42. The van der Waals surface area contributed by atoms with E-state index in [4.69, 9.17) is 23.2 Å². The van der Waals surface area contributed by atoms with Gasteiger partial charge in [-0.2, -0.15) is 4.98 Å². The van der Waals surface area contributed by atoms with Gasteiger partial charge in [-0.1, -0.05) is 29.3 Å². The molecule has 6 nitrogen and oxygen atoms in total. The van der Waals surface area contributed by atoms with Gasteiger partial charge in [-0.05, 0) is 43.0 Å². The summed E-state index contributed by atoms with van der Waals surface area (Å²) >= 11 is 11.8. The predicted octanol–water partition coefficient (Wildman–Crippen LogP) is 3.75. The Hall–Kier alpha value is -2.05. The van der Waals surface area contributed by atoms with E-state index in [2.05, 4.69) is 25.4 Å². The van der Waals surface area contributed by atoms with E-state index in [0.29, 0.717) is 21.9 Å². The van der Waals surface area contributed by atoms with Crippen molar-refractivity contribution in [2.75, 3.05) is 23.3 Å². The third-order valence-electron chi connectivity index (χ3n) is 3.72. The van der Waals surface area contributed by atoms with Crippen LogP contribution in [0.15, 0.2) is 24.3 Å². The highest BCUT2D eigenvalue weighted by Crippen LogP contribution is 2.23. The normalized spacial score (nSPS) is 15.0. The largest absolute Gasteiger partial charge is 0.340 e. The molecule has 3 rings (SSSR count). The Morgan fingerprint density at radius 1 is 1.21 bits per heavy atom. The van der Waals surface area contributed by atoms with Crippen LogP contribution < -0.4 is 10.2 Å². The summed E-state index contributed by atoms with van der Waals surface area (Å²) < 4.78 is 0. The van der Waals surface area contributed by atoms with Crippen molar-refractivity contribution >= 4 is 47.1 Å². The number of nitrogens with one attached hydrogen (secondary N) is 2. The van der Waals surface area contributed by atoms with Crippen LogP contribution in [0.25, 0.3) is 6.08 Å². The molecule has 1 aromatic carbocycles. The number of halogens is 2. The molecule has 24 heavy (non-hydrogen) atoms. The molecule has 0 saturated carbocycles. The monoisotopic (exact) mass is 365 g/mol. The van der Waals surface area contributed by atoms with Gasteiger partial charge in [0, 0.05) is 19.2 Å². The van der Waals surface area contributed by atoms with Gasteiger partial charge in [-0.15, -0.1) is 5.10 Å². The van der Waals surface area contributed by atoms with E-state index in [0.717, 1.165) is 31.5 Å². The molecule has 0 spiro atoms. The molecule has 2 aromatic rings. The second kappa shape index (κ2) is 7.68. The number of nitrogens with zero attached hydrogens (tertiary/aromatic N) is 3. The van der Waals surface area contributed by atoms with Gasteiger partial charge in [0.05, 0.1) is 10.0 Å². The van der Waals surface area contributed by atoms with E-state index in [9.17, 15) is 4.79 Å². The second-order valence-electron chi connectivity index (χ2n) is 5.53. The van der Waals surface area contributed by atoms with Crippen molar-refractivity contribution in [3.05, 3.63) is 39.9 Å². The Morgan fingerprint density at radius 3 is 2.75 bits per heavy atom. The standard InChI is InChI=1S/C16H17Cl2N5O/c17-12-6-4-11(10-13(12)18)5-7-14(24)19-15-20-16(22-21-15)23-8-2-1-3-9-23/h4-7,10H,1-3,8-9H2,(H2,19,20,21,22,24)/b7-5+. The minimum Gasteiger partial charge on any atom is -0.340 e. The molecule has 0 radical (unpaired) electrons. The molecular formula is C16H17Cl2N5O. The lowest BCUT2D eigenvalue weighted by atomic mass is 10.1. The molecule has 0 unspecified atom stereocenters. The number of amides is 1. The Labute approximate surface area is 149 Å². The molecule has 2 heterocycles. The molecule has 1 fully saturated rings. The van der Waals surface area contributed by atoms with Gasteiger partial charge < -0.3 is 4.90 Å². The fourth-order valence-corrected chi connectivity index (χ4v) is 2.80. The van der Waals surface area contributed by atoms with Crippen molar-refractivity contribution < 1.29 is 4.79 Å². The number of carbonyl (C=O) groups excluding carboxylic acids is 1. The maximum absolute atomic E-state index is 12.0. The quantitative estimate of drug-likeness (QED) is 0.809. The number of piperidine rings is 1. The smallest absolute Gasteiger partial charge is 0.250 e. The lowest BCUT2D eigenvalue weighted by molar-refractivity contribution is -0.111. The van der Waals surface area contributed by atoms with Crippen LogP contribution in [0.1, 0.15) is 24.8 Å². The van der Waals surface area contributed by atoms with Gasteiger partial charge in [-0.3, -0.25) is 10.1 Å². The first-order chi connectivity index (χ1) is 11.6. The number of anilines is 2. The third kappa shape index (κ3) is 4.27. The van der Waals surface area contributed by atoms with E-state index in [1.165, 1.54) is 12.5 Å². The molecule has 0 bridgehead atoms. The lowest BCUT2D eigenvalue weighted by Gasteiger charge is -2.24. The Morgan fingerprint density at radius 2 is 2.00 bits per heavy atom. The van der Waals surface area contributed by atoms with Crippen molar-refractivity contribution in [2.45, 2.75) is 19.3 Å². The fraction of sp³-hybridized carbons (Fsp3) is 0.312. The van der Waals surface area contributed by atoms with Crippen LogP contribution in [0.2, 0.25) is 10.0 Å². The van der Waals surface area contributed by atoms with Gasteiger partial charge in [0.25, 0.3) is 5.91 Å². The molecule has 1 amide bonds. The number of hydrogen-bond donors (Lipinski definition) is 2. The zero-order valence-corrected chi connectivity index (χ0v) is 14.4. The Kier molecular flexibility index (Phi) is 5.37. The summed E-state index contributed by atoms with van der Waals surface area (Å²) in [7, 11) is 0. The van der Waals surface area contributed by atoms with Crippen LogP contribution in [-0.4, -0.2) is 34.2 Å². The summed E-state index contributed by atoms with van der Waals surface area (Å²) in [6.07, 6.45) is 6.58. The first kappa shape index (κ1) is 16.8. The number of benzene rings is 1. The van der Waals surface area contributed by atoms with Crippen molar-refractivity contribution in [3.63, 3.8) is 0 Å². The summed E-state index contributed by atoms with van der Waals surface area (Å²) in [5, 5.41) is 10.5. The van der Waals surface area contributed by atoms with Crippen molar-refractivity contribution in [2.24, 2.45) is 0 Å². The Bertz CT molecular complexity index is 753. The van der Waals surface area contributed by atoms with Gasteiger partial charge in [-0.25, -0.2) is 5.10 Å². The SMILES string of the molecule is O=C(/C=C/c1ccc(Cl)c(Cl)c1)Nc1nc(N2CCCCC2)n[nH]1. The molecule has 0 aliphatic carbocycles. The summed E-state index contributed by atoms with van der Waals surface area (Å²) in [4.78, 5) is 18.4.